The fourth-order valence-electron chi connectivity index (χ4n) is 2.22. The van der Waals surface area contributed by atoms with Gasteiger partial charge in [-0.05, 0) is 30.2 Å². The predicted octanol–water partition coefficient (Wildman–Crippen LogP) is 3.02. The maximum atomic E-state index is 12.1. The van der Waals surface area contributed by atoms with Crippen molar-refractivity contribution in [3.05, 3.63) is 53.6 Å². The van der Waals surface area contributed by atoms with Gasteiger partial charge in [-0.2, -0.15) is 0 Å². The summed E-state index contributed by atoms with van der Waals surface area (Å²) in [6, 6.07) is 13.1. The molecule has 0 saturated heterocycles. The van der Waals surface area contributed by atoms with Crippen molar-refractivity contribution in [3.8, 4) is 5.75 Å². The second-order valence-electron chi connectivity index (χ2n) is 4.80. The summed E-state index contributed by atoms with van der Waals surface area (Å²) in [5, 5.41) is 2.86. The third-order valence-electron chi connectivity index (χ3n) is 3.35. The van der Waals surface area contributed by atoms with E-state index < -0.39 is 0 Å². The lowest BCUT2D eigenvalue weighted by molar-refractivity contribution is -0.115. The Bertz CT molecular complexity index is 638. The minimum absolute atomic E-state index is 0.0943. The van der Waals surface area contributed by atoms with E-state index >= 15 is 0 Å². The second kappa shape index (κ2) is 6.79. The molecule has 0 saturated carbocycles. The van der Waals surface area contributed by atoms with E-state index in [9.17, 15) is 4.79 Å². The van der Waals surface area contributed by atoms with Crippen LogP contribution in [0.5, 0.6) is 5.75 Å². The normalized spacial score (nSPS) is 10.2. The Kier molecular flexibility index (Phi) is 4.82. The average molecular weight is 284 g/mol. The highest BCUT2D eigenvalue weighted by Crippen LogP contribution is 2.20. The van der Waals surface area contributed by atoms with Gasteiger partial charge in [0.1, 0.15) is 5.75 Å². The molecule has 3 N–H and O–H groups in total. The van der Waals surface area contributed by atoms with Crippen LogP contribution in [0.25, 0.3) is 0 Å². The summed E-state index contributed by atoms with van der Waals surface area (Å²) in [5.74, 6) is 0.622. The first-order valence-electron chi connectivity index (χ1n) is 6.94. The lowest BCUT2D eigenvalue weighted by atomic mass is 10.1. The highest BCUT2D eigenvalue weighted by molar-refractivity contribution is 5.93. The van der Waals surface area contributed by atoms with Crippen LogP contribution in [0, 0.1) is 0 Å². The molecule has 110 valence electrons. The summed E-state index contributed by atoms with van der Waals surface area (Å²) < 4.78 is 5.25. The maximum Gasteiger partial charge on any atom is 0.228 e. The number of carbonyl (C=O) groups excluding carboxylic acids is 1. The molecule has 2 rings (SSSR count). The molecule has 0 aliphatic carbocycles. The number of benzene rings is 2. The number of carbonyl (C=O) groups is 1. The van der Waals surface area contributed by atoms with Gasteiger partial charge in [0.25, 0.3) is 0 Å². The van der Waals surface area contributed by atoms with Gasteiger partial charge in [-0.25, -0.2) is 0 Å². The molecule has 4 heteroatoms. The number of anilines is 2. The van der Waals surface area contributed by atoms with Gasteiger partial charge in [-0.15, -0.1) is 0 Å². The monoisotopic (exact) mass is 284 g/mol. The first-order chi connectivity index (χ1) is 10.1. The smallest absolute Gasteiger partial charge is 0.228 e. The minimum atomic E-state index is -0.0943. The maximum absolute atomic E-state index is 12.1. The molecule has 0 unspecified atom stereocenters. The predicted molar refractivity (Wildman–Crippen MR) is 85.6 cm³/mol. The number of hydrogen-bond acceptors (Lipinski definition) is 3. The summed E-state index contributed by atoms with van der Waals surface area (Å²) in [6.07, 6.45) is 1.14. The average Bonchev–Trinajstić information content (AvgIpc) is 2.48. The van der Waals surface area contributed by atoms with Crippen molar-refractivity contribution in [3.63, 3.8) is 0 Å². The fourth-order valence-corrected chi connectivity index (χ4v) is 2.22. The Morgan fingerprint density at radius 3 is 2.62 bits per heavy atom. The molecule has 0 aliphatic rings. The molecule has 0 heterocycles. The number of ether oxygens (including phenoxy) is 1. The molecule has 4 nitrogen and oxygen atoms in total. The summed E-state index contributed by atoms with van der Waals surface area (Å²) in [4.78, 5) is 12.1. The van der Waals surface area contributed by atoms with Gasteiger partial charge in [0, 0.05) is 16.9 Å². The van der Waals surface area contributed by atoms with E-state index in [1.54, 1.807) is 13.2 Å². The molecule has 0 fully saturated rings. The molecular weight excluding hydrogens is 264 g/mol. The van der Waals surface area contributed by atoms with Crippen LogP contribution in [0.2, 0.25) is 0 Å². The number of hydrogen-bond donors (Lipinski definition) is 2. The minimum Gasteiger partial charge on any atom is -0.496 e. The zero-order valence-electron chi connectivity index (χ0n) is 12.3. The van der Waals surface area contributed by atoms with Gasteiger partial charge in [-0.1, -0.05) is 31.2 Å². The Hall–Kier alpha value is -2.49. The van der Waals surface area contributed by atoms with Crippen LogP contribution in [0.15, 0.2) is 42.5 Å². The van der Waals surface area contributed by atoms with Crippen LogP contribution in [0.3, 0.4) is 0 Å². The fraction of sp³-hybridized carbons (Fsp3) is 0.235. The Morgan fingerprint density at radius 2 is 1.95 bits per heavy atom. The number of para-hydroxylation sites is 1. The lowest BCUT2D eigenvalue weighted by Crippen LogP contribution is -2.15. The van der Waals surface area contributed by atoms with Crippen LogP contribution in [-0.2, 0) is 17.6 Å². The number of nitrogen functional groups attached to an aromatic ring is 1. The Morgan fingerprint density at radius 1 is 1.19 bits per heavy atom. The zero-order chi connectivity index (χ0) is 15.2. The van der Waals surface area contributed by atoms with Crippen molar-refractivity contribution in [2.24, 2.45) is 0 Å². The number of aryl methyl sites for hydroxylation is 1. The van der Waals surface area contributed by atoms with E-state index in [2.05, 4.69) is 5.32 Å². The Balaban J connectivity index is 2.06. The van der Waals surface area contributed by atoms with E-state index in [1.165, 1.54) is 0 Å². The number of methoxy groups -OCH3 is 1. The van der Waals surface area contributed by atoms with Crippen molar-refractivity contribution in [1.29, 1.82) is 0 Å². The van der Waals surface area contributed by atoms with Crippen LogP contribution in [0.4, 0.5) is 11.4 Å². The summed E-state index contributed by atoms with van der Waals surface area (Å²) in [7, 11) is 1.60. The largest absolute Gasteiger partial charge is 0.496 e. The van der Waals surface area contributed by atoms with E-state index in [0.717, 1.165) is 17.5 Å². The standard InChI is InChI=1S/C17H20N2O2/c1-3-12-8-9-14(11-15(12)18)19-17(20)10-13-6-4-5-7-16(13)21-2/h4-9,11H,3,10,18H2,1-2H3,(H,19,20). The molecule has 0 spiro atoms. The molecular formula is C17H20N2O2. The quantitative estimate of drug-likeness (QED) is 0.829. The third kappa shape index (κ3) is 3.75. The van der Waals surface area contributed by atoms with E-state index in [4.69, 9.17) is 10.5 Å². The molecule has 0 bridgehead atoms. The van der Waals surface area contributed by atoms with E-state index in [-0.39, 0.29) is 12.3 Å². The molecule has 0 atom stereocenters. The molecule has 0 radical (unpaired) electrons. The van der Waals surface area contributed by atoms with Crippen LogP contribution >= 0.6 is 0 Å². The summed E-state index contributed by atoms with van der Waals surface area (Å²) in [6.45, 7) is 2.05. The summed E-state index contributed by atoms with van der Waals surface area (Å²) in [5.41, 5.74) is 9.29. The van der Waals surface area contributed by atoms with Crippen molar-refractivity contribution in [1.82, 2.24) is 0 Å². The van der Waals surface area contributed by atoms with Crippen molar-refractivity contribution in [2.75, 3.05) is 18.2 Å². The van der Waals surface area contributed by atoms with Gasteiger partial charge >= 0.3 is 0 Å². The van der Waals surface area contributed by atoms with Crippen LogP contribution < -0.4 is 15.8 Å². The molecule has 0 aromatic heterocycles. The van der Waals surface area contributed by atoms with E-state index in [1.807, 2.05) is 43.3 Å². The molecule has 2 aromatic rings. The third-order valence-corrected chi connectivity index (χ3v) is 3.35. The van der Waals surface area contributed by atoms with Crippen molar-refractivity contribution in [2.45, 2.75) is 19.8 Å². The number of nitrogens with two attached hydrogens (primary N) is 1. The number of amides is 1. The van der Waals surface area contributed by atoms with Crippen molar-refractivity contribution >= 4 is 17.3 Å². The molecule has 1 amide bonds. The van der Waals surface area contributed by atoms with Crippen LogP contribution in [-0.4, -0.2) is 13.0 Å². The first-order valence-corrected chi connectivity index (χ1v) is 6.94. The molecule has 21 heavy (non-hydrogen) atoms. The van der Waals surface area contributed by atoms with Gasteiger partial charge in [0.05, 0.1) is 13.5 Å². The SMILES string of the molecule is CCc1ccc(NC(=O)Cc2ccccc2OC)cc1N. The van der Waals surface area contributed by atoms with Crippen LogP contribution in [0.1, 0.15) is 18.1 Å². The molecule has 0 aliphatic heterocycles. The second-order valence-corrected chi connectivity index (χ2v) is 4.80. The highest BCUT2D eigenvalue weighted by atomic mass is 16.5. The highest BCUT2D eigenvalue weighted by Gasteiger charge is 2.09. The number of nitrogens with one attached hydrogen (secondary N) is 1. The van der Waals surface area contributed by atoms with Gasteiger partial charge in [-0.3, -0.25) is 4.79 Å². The molecule has 2 aromatic carbocycles. The lowest BCUT2D eigenvalue weighted by Gasteiger charge is -2.10. The zero-order valence-corrected chi connectivity index (χ0v) is 12.3. The van der Waals surface area contributed by atoms with Crippen molar-refractivity contribution < 1.29 is 9.53 Å². The van der Waals surface area contributed by atoms with Gasteiger partial charge < -0.3 is 15.8 Å². The summed E-state index contributed by atoms with van der Waals surface area (Å²) >= 11 is 0. The van der Waals surface area contributed by atoms with Gasteiger partial charge in [0.15, 0.2) is 0 Å². The Labute approximate surface area is 124 Å². The van der Waals surface area contributed by atoms with Gasteiger partial charge in [0.2, 0.25) is 5.91 Å². The topological polar surface area (TPSA) is 64.3 Å². The number of rotatable bonds is 5. The van der Waals surface area contributed by atoms with E-state index in [0.29, 0.717) is 17.1 Å². The first kappa shape index (κ1) is 14.9.